The van der Waals surface area contributed by atoms with E-state index in [1.54, 1.807) is 6.92 Å². The van der Waals surface area contributed by atoms with Gasteiger partial charge in [0.2, 0.25) is 0 Å². The number of urea groups is 1. The maximum atomic E-state index is 12.2. The molecule has 0 bridgehead atoms. The number of carbonyl (C=O) groups excluding carboxylic acids is 1. The molecule has 0 spiro atoms. The van der Waals surface area contributed by atoms with Gasteiger partial charge < -0.3 is 24.7 Å². The summed E-state index contributed by atoms with van der Waals surface area (Å²) in [5.74, 6) is -1.08. The highest BCUT2D eigenvalue weighted by Crippen LogP contribution is 2.16. The van der Waals surface area contributed by atoms with Crippen LogP contribution in [-0.2, 0) is 9.53 Å². The van der Waals surface area contributed by atoms with Gasteiger partial charge in [-0.25, -0.2) is 9.59 Å². The van der Waals surface area contributed by atoms with E-state index in [-0.39, 0.29) is 19.7 Å². The molecule has 0 radical (unpaired) electrons. The second kappa shape index (κ2) is 7.30. The number of hydrogen-bond acceptors (Lipinski definition) is 4. The summed E-state index contributed by atoms with van der Waals surface area (Å²) in [6, 6.07) is -0.440. The third-order valence-corrected chi connectivity index (χ3v) is 2.92. The zero-order valence-electron chi connectivity index (χ0n) is 12.2. The summed E-state index contributed by atoms with van der Waals surface area (Å²) < 4.78 is 4.78. The monoisotopic (exact) mass is 276 g/mol. The van der Waals surface area contributed by atoms with Crippen molar-refractivity contribution >= 4 is 12.0 Å². The summed E-state index contributed by atoms with van der Waals surface area (Å²) in [6.07, 6.45) is -0.800. The van der Waals surface area contributed by atoms with Gasteiger partial charge in [-0.05, 0) is 20.8 Å². The van der Waals surface area contributed by atoms with Gasteiger partial charge >= 0.3 is 12.0 Å². The van der Waals surface area contributed by atoms with Crippen LogP contribution in [0.2, 0.25) is 0 Å². The normalized spacial score (nSPS) is 12.9. The average Bonchev–Trinajstić information content (AvgIpc) is 2.29. The van der Waals surface area contributed by atoms with Gasteiger partial charge in [0.25, 0.3) is 0 Å². The summed E-state index contributed by atoms with van der Waals surface area (Å²) in [5.41, 5.74) is -1.30. The number of rotatable bonds is 7. The molecule has 1 unspecified atom stereocenters. The van der Waals surface area contributed by atoms with Crippen molar-refractivity contribution in [2.45, 2.75) is 32.4 Å². The van der Waals surface area contributed by atoms with E-state index in [1.165, 1.54) is 37.8 Å². The Bertz CT molecular complexity index is 319. The van der Waals surface area contributed by atoms with E-state index in [4.69, 9.17) is 9.84 Å². The minimum atomic E-state index is -1.30. The number of likely N-dealkylation sites (N-methyl/N-ethyl adjacent to an activating group) is 2. The van der Waals surface area contributed by atoms with E-state index in [9.17, 15) is 14.7 Å². The first-order chi connectivity index (χ1) is 8.68. The van der Waals surface area contributed by atoms with Crippen LogP contribution in [-0.4, -0.2) is 77.5 Å². The van der Waals surface area contributed by atoms with Gasteiger partial charge in [-0.3, -0.25) is 0 Å². The number of carboxylic acid groups (broad SMARTS) is 1. The van der Waals surface area contributed by atoms with Gasteiger partial charge in [-0.1, -0.05) is 0 Å². The van der Waals surface area contributed by atoms with Crippen LogP contribution in [0.4, 0.5) is 4.79 Å². The van der Waals surface area contributed by atoms with Crippen LogP contribution in [0.3, 0.4) is 0 Å². The van der Waals surface area contributed by atoms with Crippen molar-refractivity contribution in [3.63, 3.8) is 0 Å². The minimum absolute atomic E-state index is 0.0822. The Morgan fingerprint density at radius 2 is 1.89 bits per heavy atom. The van der Waals surface area contributed by atoms with Gasteiger partial charge in [-0.15, -0.1) is 0 Å². The van der Waals surface area contributed by atoms with Crippen molar-refractivity contribution in [3.05, 3.63) is 0 Å². The Morgan fingerprint density at radius 3 is 2.26 bits per heavy atom. The molecule has 7 heteroatoms. The fourth-order valence-corrected chi connectivity index (χ4v) is 1.73. The van der Waals surface area contributed by atoms with Crippen LogP contribution in [0, 0.1) is 0 Å². The van der Waals surface area contributed by atoms with Gasteiger partial charge in [0.15, 0.2) is 0 Å². The number of nitrogens with zero attached hydrogens (tertiary/aromatic N) is 2. The largest absolute Gasteiger partial charge is 0.480 e. The fourth-order valence-electron chi connectivity index (χ4n) is 1.73. The first kappa shape index (κ1) is 17.7. The molecule has 112 valence electrons. The topological polar surface area (TPSA) is 90.3 Å². The van der Waals surface area contributed by atoms with Gasteiger partial charge in [0, 0.05) is 20.7 Å². The van der Waals surface area contributed by atoms with Crippen molar-refractivity contribution in [2.75, 3.05) is 33.9 Å². The van der Waals surface area contributed by atoms with Crippen molar-refractivity contribution in [1.29, 1.82) is 0 Å². The lowest BCUT2D eigenvalue weighted by atomic mass is 10.0. The number of hydrogen-bond donors (Lipinski definition) is 2. The molecule has 2 amide bonds. The molecule has 0 saturated heterocycles. The lowest BCUT2D eigenvalue weighted by molar-refractivity contribution is -0.147. The molecule has 1 atom stereocenters. The van der Waals surface area contributed by atoms with Crippen LogP contribution in [0.15, 0.2) is 0 Å². The summed E-state index contributed by atoms with van der Waals surface area (Å²) in [6.45, 7) is 5.11. The molecule has 0 saturated carbocycles. The molecular weight excluding hydrogens is 252 g/mol. The van der Waals surface area contributed by atoms with Crippen LogP contribution >= 0.6 is 0 Å². The molecule has 0 fully saturated rings. The Balaban J connectivity index is 4.80. The first-order valence-electron chi connectivity index (χ1n) is 6.11. The molecule has 0 aliphatic rings. The van der Waals surface area contributed by atoms with Crippen molar-refractivity contribution < 1.29 is 24.5 Å². The highest BCUT2D eigenvalue weighted by Gasteiger charge is 2.38. The molecule has 19 heavy (non-hydrogen) atoms. The number of aliphatic carboxylic acids is 1. The molecule has 0 aliphatic carbocycles. The van der Waals surface area contributed by atoms with Crippen molar-refractivity contribution in [3.8, 4) is 0 Å². The number of aliphatic hydroxyl groups excluding tert-OH is 1. The Kier molecular flexibility index (Phi) is 6.78. The van der Waals surface area contributed by atoms with Gasteiger partial charge in [0.1, 0.15) is 5.54 Å². The zero-order chi connectivity index (χ0) is 15.2. The molecule has 0 heterocycles. The Morgan fingerprint density at radius 1 is 1.37 bits per heavy atom. The van der Waals surface area contributed by atoms with Gasteiger partial charge in [-0.2, -0.15) is 0 Å². The smallest absolute Gasteiger partial charge is 0.329 e. The molecule has 7 nitrogen and oxygen atoms in total. The highest BCUT2D eigenvalue weighted by atomic mass is 16.5. The molecular formula is C12H24N2O5. The van der Waals surface area contributed by atoms with E-state index < -0.39 is 23.6 Å². The van der Waals surface area contributed by atoms with Crippen molar-refractivity contribution in [1.82, 2.24) is 9.80 Å². The van der Waals surface area contributed by atoms with Crippen LogP contribution < -0.4 is 0 Å². The SMILES string of the molecule is CCN(C(=O)N(C)CC(O)COC)C(C)(C)C(=O)O. The van der Waals surface area contributed by atoms with Crippen LogP contribution in [0.5, 0.6) is 0 Å². The summed E-state index contributed by atoms with van der Waals surface area (Å²) >= 11 is 0. The summed E-state index contributed by atoms with van der Waals surface area (Å²) in [5, 5.41) is 18.7. The van der Waals surface area contributed by atoms with E-state index in [1.807, 2.05) is 0 Å². The Hall–Kier alpha value is -1.34. The number of methoxy groups -OCH3 is 1. The third-order valence-electron chi connectivity index (χ3n) is 2.92. The quantitative estimate of drug-likeness (QED) is 0.694. The second-order valence-electron chi connectivity index (χ2n) is 4.88. The maximum absolute atomic E-state index is 12.2. The predicted molar refractivity (Wildman–Crippen MR) is 70.0 cm³/mol. The lowest BCUT2D eigenvalue weighted by Crippen LogP contribution is -2.57. The van der Waals surface area contributed by atoms with Gasteiger partial charge in [0.05, 0.1) is 19.3 Å². The summed E-state index contributed by atoms with van der Waals surface area (Å²) in [4.78, 5) is 25.9. The molecule has 0 aromatic rings. The number of amides is 2. The van der Waals surface area contributed by atoms with E-state index >= 15 is 0 Å². The van der Waals surface area contributed by atoms with E-state index in [2.05, 4.69) is 0 Å². The third kappa shape index (κ3) is 4.68. The van der Waals surface area contributed by atoms with E-state index in [0.717, 1.165) is 0 Å². The number of carboxylic acids is 1. The lowest BCUT2D eigenvalue weighted by Gasteiger charge is -2.37. The standard InChI is InChI=1S/C12H24N2O5/c1-6-14(12(2,3)10(16)17)11(18)13(4)7-9(15)8-19-5/h9,15H,6-8H2,1-5H3,(H,16,17). The number of carbonyl (C=O) groups is 2. The minimum Gasteiger partial charge on any atom is -0.480 e. The first-order valence-corrected chi connectivity index (χ1v) is 6.11. The molecule has 2 N–H and O–H groups in total. The molecule has 0 aromatic heterocycles. The number of aliphatic hydroxyl groups is 1. The fraction of sp³-hybridized carbons (Fsp3) is 0.833. The van der Waals surface area contributed by atoms with E-state index in [0.29, 0.717) is 0 Å². The van der Waals surface area contributed by atoms with Crippen LogP contribution in [0.1, 0.15) is 20.8 Å². The number of ether oxygens (including phenoxy) is 1. The molecule has 0 aromatic carbocycles. The van der Waals surface area contributed by atoms with Crippen LogP contribution in [0.25, 0.3) is 0 Å². The Labute approximate surface area is 113 Å². The maximum Gasteiger partial charge on any atom is 0.329 e. The second-order valence-corrected chi connectivity index (χ2v) is 4.88. The average molecular weight is 276 g/mol. The van der Waals surface area contributed by atoms with Crippen molar-refractivity contribution in [2.24, 2.45) is 0 Å². The highest BCUT2D eigenvalue weighted by molar-refractivity contribution is 5.85. The zero-order valence-corrected chi connectivity index (χ0v) is 12.2. The predicted octanol–water partition coefficient (Wildman–Crippen LogP) is 0.231. The summed E-state index contributed by atoms with van der Waals surface area (Å²) in [7, 11) is 2.97. The molecule has 0 aliphatic heterocycles. The molecule has 0 rings (SSSR count).